The summed E-state index contributed by atoms with van der Waals surface area (Å²) in [7, 11) is 0. The molecule has 1 atom stereocenters. The van der Waals surface area contributed by atoms with Crippen LogP contribution in [0.1, 0.15) is 25.6 Å². The zero-order valence-electron chi connectivity index (χ0n) is 11.5. The fourth-order valence-corrected chi connectivity index (χ4v) is 3.12. The molecule has 1 aromatic heterocycles. The van der Waals surface area contributed by atoms with Crippen LogP contribution < -0.4 is 0 Å². The van der Waals surface area contributed by atoms with E-state index in [1.807, 2.05) is 25.6 Å². The highest BCUT2D eigenvalue weighted by molar-refractivity contribution is 7.09. The average Bonchev–Trinajstić information content (AvgIpc) is 2.73. The largest absolute Gasteiger partial charge is 0.389 e. The number of aliphatic hydroxyl groups is 1. The number of piperazine rings is 1. The summed E-state index contributed by atoms with van der Waals surface area (Å²) < 4.78 is 0. The molecule has 0 bridgehead atoms. The molecule has 1 unspecified atom stereocenters. The van der Waals surface area contributed by atoms with Crippen molar-refractivity contribution in [1.82, 2.24) is 14.8 Å². The van der Waals surface area contributed by atoms with Crippen LogP contribution in [0.5, 0.6) is 0 Å². The third-order valence-electron chi connectivity index (χ3n) is 3.30. The molecular weight excluding hydrogens is 246 g/mol. The Balaban J connectivity index is 1.84. The minimum atomic E-state index is -0.603. The van der Waals surface area contributed by atoms with Gasteiger partial charge in [-0.1, -0.05) is 0 Å². The number of nitrogens with zero attached hydrogens (tertiary/aromatic N) is 3. The summed E-state index contributed by atoms with van der Waals surface area (Å²) in [4.78, 5) is 10.3. The fourth-order valence-electron chi connectivity index (χ4n) is 2.49. The average molecular weight is 269 g/mol. The summed E-state index contributed by atoms with van der Waals surface area (Å²) in [5.74, 6) is 0. The number of thiazole rings is 1. The smallest absolute Gasteiger partial charge is 0.0794 e. The summed E-state index contributed by atoms with van der Waals surface area (Å²) in [6.07, 6.45) is 1.96. The summed E-state index contributed by atoms with van der Waals surface area (Å²) in [5, 5.41) is 9.90. The molecule has 1 fully saturated rings. The monoisotopic (exact) mass is 269 g/mol. The molecule has 0 saturated carbocycles. The maximum atomic E-state index is 9.90. The highest BCUT2D eigenvalue weighted by Gasteiger charge is 2.27. The second-order valence-corrected chi connectivity index (χ2v) is 6.81. The quantitative estimate of drug-likeness (QED) is 0.897. The maximum Gasteiger partial charge on any atom is 0.0794 e. The van der Waals surface area contributed by atoms with E-state index in [0.717, 1.165) is 32.7 Å². The van der Waals surface area contributed by atoms with Crippen molar-refractivity contribution in [2.75, 3.05) is 26.2 Å². The molecule has 2 rings (SSSR count). The van der Waals surface area contributed by atoms with Crippen LogP contribution in [0.25, 0.3) is 0 Å². The van der Waals surface area contributed by atoms with Crippen LogP contribution in [0.2, 0.25) is 0 Å². The first kappa shape index (κ1) is 13.9. The number of β-amino-alcohol motifs (C(OH)–C–C–N with tert-alkyl or cyclic N) is 1. The summed E-state index contributed by atoms with van der Waals surface area (Å²) in [5.41, 5.74) is 1.29. The first-order valence-corrected chi connectivity index (χ1v) is 7.38. The predicted octanol–water partition coefficient (Wildman–Crippen LogP) is 1.42. The second kappa shape index (κ2) is 5.65. The molecule has 4 nitrogen and oxygen atoms in total. The molecule has 0 amide bonds. The molecule has 102 valence electrons. The lowest BCUT2D eigenvalue weighted by Gasteiger charge is -2.41. The first-order valence-electron chi connectivity index (χ1n) is 6.50. The summed E-state index contributed by atoms with van der Waals surface area (Å²) in [6.45, 7) is 10.9. The normalized spacial score (nSPS) is 23.4. The molecule has 1 aromatic rings. The molecule has 1 aliphatic rings. The van der Waals surface area contributed by atoms with Crippen molar-refractivity contribution in [3.63, 3.8) is 0 Å². The van der Waals surface area contributed by atoms with Gasteiger partial charge in [0.1, 0.15) is 0 Å². The van der Waals surface area contributed by atoms with E-state index < -0.39 is 5.60 Å². The van der Waals surface area contributed by atoms with E-state index >= 15 is 0 Å². The van der Waals surface area contributed by atoms with Gasteiger partial charge in [-0.2, -0.15) is 0 Å². The zero-order valence-corrected chi connectivity index (χ0v) is 12.3. The van der Waals surface area contributed by atoms with Gasteiger partial charge in [0.05, 0.1) is 11.1 Å². The van der Waals surface area contributed by atoms with Crippen molar-refractivity contribution in [1.29, 1.82) is 0 Å². The molecule has 0 radical (unpaired) electrons. The van der Waals surface area contributed by atoms with Gasteiger partial charge in [-0.15, -0.1) is 11.3 Å². The van der Waals surface area contributed by atoms with Crippen molar-refractivity contribution in [3.8, 4) is 0 Å². The summed E-state index contributed by atoms with van der Waals surface area (Å²) in [6, 6.07) is 0.498. The molecule has 2 heterocycles. The Morgan fingerprint density at radius 2 is 2.28 bits per heavy atom. The molecule has 1 aliphatic heterocycles. The molecule has 0 aliphatic carbocycles. The van der Waals surface area contributed by atoms with Crippen LogP contribution >= 0.6 is 11.3 Å². The topological polar surface area (TPSA) is 39.6 Å². The Kier molecular flexibility index (Phi) is 4.37. The van der Waals surface area contributed by atoms with Gasteiger partial charge in [-0.25, -0.2) is 0 Å². The molecule has 18 heavy (non-hydrogen) atoms. The van der Waals surface area contributed by atoms with Gasteiger partial charge >= 0.3 is 0 Å². The molecular formula is C13H23N3OS. The first-order chi connectivity index (χ1) is 8.44. The minimum absolute atomic E-state index is 0.498. The lowest BCUT2D eigenvalue weighted by Crippen LogP contribution is -2.54. The van der Waals surface area contributed by atoms with Crippen LogP contribution in [0, 0.1) is 0 Å². The van der Waals surface area contributed by atoms with E-state index in [2.05, 4.69) is 21.7 Å². The SMILES string of the molecule is CC1CN(Cc2cncs2)CCN1CC(C)(C)O. The zero-order chi connectivity index (χ0) is 13.2. The number of aromatic nitrogens is 1. The van der Waals surface area contributed by atoms with Gasteiger partial charge in [0.2, 0.25) is 0 Å². The van der Waals surface area contributed by atoms with Crippen LogP contribution in [0.15, 0.2) is 11.7 Å². The third-order valence-corrected chi connectivity index (χ3v) is 4.07. The Labute approximate surface area is 113 Å². The lowest BCUT2D eigenvalue weighted by molar-refractivity contribution is -0.00490. The number of hydrogen-bond donors (Lipinski definition) is 1. The van der Waals surface area contributed by atoms with E-state index in [0.29, 0.717) is 6.04 Å². The highest BCUT2D eigenvalue weighted by Crippen LogP contribution is 2.17. The Morgan fingerprint density at radius 1 is 1.50 bits per heavy atom. The van der Waals surface area contributed by atoms with Crippen LogP contribution in [-0.2, 0) is 6.54 Å². The van der Waals surface area contributed by atoms with Crippen molar-refractivity contribution < 1.29 is 5.11 Å². The minimum Gasteiger partial charge on any atom is -0.389 e. The Morgan fingerprint density at radius 3 is 2.83 bits per heavy atom. The van der Waals surface area contributed by atoms with E-state index in [4.69, 9.17) is 0 Å². The van der Waals surface area contributed by atoms with Crippen molar-refractivity contribution in [2.24, 2.45) is 0 Å². The number of hydrogen-bond acceptors (Lipinski definition) is 5. The predicted molar refractivity (Wildman–Crippen MR) is 74.7 cm³/mol. The van der Waals surface area contributed by atoms with Crippen molar-refractivity contribution in [2.45, 2.75) is 39.0 Å². The molecule has 0 aromatic carbocycles. The lowest BCUT2D eigenvalue weighted by atomic mass is 10.1. The van der Waals surface area contributed by atoms with E-state index in [1.54, 1.807) is 11.3 Å². The van der Waals surface area contributed by atoms with Crippen LogP contribution in [-0.4, -0.2) is 57.7 Å². The fraction of sp³-hybridized carbons (Fsp3) is 0.769. The van der Waals surface area contributed by atoms with E-state index in [1.165, 1.54) is 4.88 Å². The molecule has 0 spiro atoms. The van der Waals surface area contributed by atoms with Gasteiger partial charge in [-0.05, 0) is 20.8 Å². The molecule has 1 N–H and O–H groups in total. The summed E-state index contributed by atoms with van der Waals surface area (Å²) >= 11 is 1.72. The maximum absolute atomic E-state index is 9.90. The van der Waals surface area contributed by atoms with Gasteiger partial charge in [0, 0.05) is 49.8 Å². The van der Waals surface area contributed by atoms with Crippen LogP contribution in [0.3, 0.4) is 0 Å². The van der Waals surface area contributed by atoms with Crippen LogP contribution in [0.4, 0.5) is 0 Å². The second-order valence-electron chi connectivity index (χ2n) is 5.83. The Hall–Kier alpha value is -0.490. The molecule has 1 saturated heterocycles. The number of rotatable bonds is 4. The standard InChI is InChI=1S/C13H23N3OS/c1-11-7-15(8-12-6-14-10-18-12)4-5-16(11)9-13(2,3)17/h6,10-11,17H,4-5,7-9H2,1-3H3. The molecule has 5 heteroatoms. The Bertz CT molecular complexity index is 361. The van der Waals surface area contributed by atoms with E-state index in [9.17, 15) is 5.11 Å². The third kappa shape index (κ3) is 4.02. The van der Waals surface area contributed by atoms with E-state index in [-0.39, 0.29) is 0 Å². The highest BCUT2D eigenvalue weighted by atomic mass is 32.1. The van der Waals surface area contributed by atoms with Crippen molar-refractivity contribution >= 4 is 11.3 Å². The van der Waals surface area contributed by atoms with Crippen molar-refractivity contribution in [3.05, 3.63) is 16.6 Å². The van der Waals surface area contributed by atoms with Gasteiger partial charge in [-0.3, -0.25) is 14.8 Å². The van der Waals surface area contributed by atoms with Gasteiger partial charge in [0.25, 0.3) is 0 Å². The van der Waals surface area contributed by atoms with Gasteiger partial charge in [0.15, 0.2) is 0 Å². The van der Waals surface area contributed by atoms with Gasteiger partial charge < -0.3 is 5.11 Å².